The van der Waals surface area contributed by atoms with Gasteiger partial charge in [0.2, 0.25) is 5.95 Å². The molecule has 90 valence electrons. The van der Waals surface area contributed by atoms with Crippen LogP contribution in [0, 0.1) is 0 Å². The molecule has 0 spiro atoms. The van der Waals surface area contributed by atoms with E-state index in [1.165, 1.54) is 23.4 Å². The number of hydrogen-bond acceptors (Lipinski definition) is 4. The predicted molar refractivity (Wildman–Crippen MR) is 62.0 cm³/mol. The Labute approximate surface area is 98.2 Å². The fourth-order valence-corrected chi connectivity index (χ4v) is 1.12. The Bertz CT molecular complexity index is 402. The summed E-state index contributed by atoms with van der Waals surface area (Å²) in [5.41, 5.74) is 0. The molecule has 2 amide bonds. The van der Waals surface area contributed by atoms with Crippen molar-refractivity contribution in [2.75, 3.05) is 18.4 Å². The molecule has 0 saturated heterocycles. The molecule has 1 rings (SSSR count). The normalized spacial score (nSPS) is 9.41. The fourth-order valence-electron chi connectivity index (χ4n) is 1.12. The van der Waals surface area contributed by atoms with Crippen molar-refractivity contribution in [3.8, 4) is 0 Å². The minimum Gasteiger partial charge on any atom is -0.327 e. The van der Waals surface area contributed by atoms with Crippen LogP contribution in [0.3, 0.4) is 0 Å². The van der Waals surface area contributed by atoms with E-state index in [0.717, 1.165) is 0 Å². The van der Waals surface area contributed by atoms with Gasteiger partial charge in [0.1, 0.15) is 6.33 Å². The fraction of sp³-hybridized carbons (Fsp3) is 0.200. The number of amides is 2. The number of hydrogen-bond donors (Lipinski definition) is 2. The summed E-state index contributed by atoms with van der Waals surface area (Å²) in [7, 11) is 0. The van der Waals surface area contributed by atoms with E-state index in [4.69, 9.17) is 0 Å². The van der Waals surface area contributed by atoms with Gasteiger partial charge in [-0.2, -0.15) is 10.1 Å². The van der Waals surface area contributed by atoms with Crippen LogP contribution in [-0.4, -0.2) is 45.0 Å². The summed E-state index contributed by atoms with van der Waals surface area (Å²) in [6, 6.07) is 0. The summed E-state index contributed by atoms with van der Waals surface area (Å²) < 4.78 is 0. The lowest BCUT2D eigenvalue weighted by atomic mass is 10.4. The van der Waals surface area contributed by atoms with Gasteiger partial charge < -0.3 is 4.90 Å². The Balaban J connectivity index is 2.63. The third-order valence-corrected chi connectivity index (χ3v) is 1.83. The van der Waals surface area contributed by atoms with E-state index in [1.54, 1.807) is 0 Å². The largest absolute Gasteiger partial charge is 0.327 e. The molecule has 0 aliphatic heterocycles. The highest BCUT2D eigenvalue weighted by molar-refractivity contribution is 6.39. The Kier molecular flexibility index (Phi) is 4.61. The molecule has 0 bridgehead atoms. The minimum absolute atomic E-state index is 0.125. The van der Waals surface area contributed by atoms with Crippen LogP contribution in [0.4, 0.5) is 5.95 Å². The highest BCUT2D eigenvalue weighted by Gasteiger charge is 2.20. The van der Waals surface area contributed by atoms with Crippen LogP contribution in [-0.2, 0) is 9.59 Å². The monoisotopic (exact) mass is 235 g/mol. The van der Waals surface area contributed by atoms with Gasteiger partial charge in [-0.15, -0.1) is 13.2 Å². The van der Waals surface area contributed by atoms with E-state index in [0.29, 0.717) is 0 Å². The van der Waals surface area contributed by atoms with Gasteiger partial charge >= 0.3 is 11.8 Å². The Morgan fingerprint density at radius 2 is 2.06 bits per heavy atom. The van der Waals surface area contributed by atoms with E-state index >= 15 is 0 Å². The summed E-state index contributed by atoms with van der Waals surface area (Å²) in [5, 5.41) is 8.26. The molecular weight excluding hydrogens is 222 g/mol. The third kappa shape index (κ3) is 3.56. The molecule has 1 aromatic rings. The predicted octanol–water partition coefficient (Wildman–Crippen LogP) is -0.0562. The number of H-pyrrole nitrogens is 1. The maximum atomic E-state index is 11.7. The lowest BCUT2D eigenvalue weighted by molar-refractivity contribution is -0.142. The molecular formula is C10H13N5O2. The standard InChI is InChI=1S/C10H13N5O2/c1-3-5-15(6-4-2)9(17)8(16)13-10-11-7-12-14-10/h3-4,7H,1-2,5-6H2,(H2,11,12,13,14,16). The smallest absolute Gasteiger partial charge is 0.316 e. The Morgan fingerprint density at radius 3 is 2.53 bits per heavy atom. The molecule has 17 heavy (non-hydrogen) atoms. The molecule has 7 heteroatoms. The second-order valence-electron chi connectivity index (χ2n) is 3.08. The van der Waals surface area contributed by atoms with Crippen molar-refractivity contribution >= 4 is 17.8 Å². The zero-order chi connectivity index (χ0) is 12.7. The van der Waals surface area contributed by atoms with Crippen molar-refractivity contribution in [1.29, 1.82) is 0 Å². The first-order chi connectivity index (χ1) is 8.19. The summed E-state index contributed by atoms with van der Waals surface area (Å²) in [4.78, 5) is 28.2. The number of rotatable bonds is 5. The Morgan fingerprint density at radius 1 is 1.41 bits per heavy atom. The molecule has 7 nitrogen and oxygen atoms in total. The van der Waals surface area contributed by atoms with Gasteiger partial charge in [-0.25, -0.2) is 5.10 Å². The van der Waals surface area contributed by atoms with E-state index in [9.17, 15) is 9.59 Å². The summed E-state index contributed by atoms with van der Waals surface area (Å²) in [5.74, 6) is -1.34. The highest BCUT2D eigenvalue weighted by Crippen LogP contribution is 1.97. The van der Waals surface area contributed by atoms with Crippen LogP contribution >= 0.6 is 0 Å². The highest BCUT2D eigenvalue weighted by atomic mass is 16.2. The first-order valence-corrected chi connectivity index (χ1v) is 4.86. The van der Waals surface area contributed by atoms with E-state index in [-0.39, 0.29) is 19.0 Å². The first kappa shape index (κ1) is 12.6. The van der Waals surface area contributed by atoms with Gasteiger partial charge in [0.15, 0.2) is 0 Å². The van der Waals surface area contributed by atoms with Crippen LogP contribution in [0.15, 0.2) is 31.6 Å². The number of nitrogens with one attached hydrogen (secondary N) is 2. The molecule has 0 atom stereocenters. The van der Waals surface area contributed by atoms with Crippen LogP contribution in [0.1, 0.15) is 0 Å². The molecule has 1 heterocycles. The van der Waals surface area contributed by atoms with Gasteiger partial charge in [0, 0.05) is 13.1 Å². The molecule has 0 saturated carbocycles. The number of nitrogens with zero attached hydrogens (tertiary/aromatic N) is 3. The average molecular weight is 235 g/mol. The van der Waals surface area contributed by atoms with Gasteiger partial charge in [-0.1, -0.05) is 12.2 Å². The number of carbonyl (C=O) groups excluding carboxylic acids is 2. The molecule has 0 fully saturated rings. The SMILES string of the molecule is C=CCN(CC=C)C(=O)C(=O)Nc1ncn[nH]1. The van der Waals surface area contributed by atoms with Crippen molar-refractivity contribution in [2.24, 2.45) is 0 Å². The van der Waals surface area contributed by atoms with Crippen LogP contribution in [0.5, 0.6) is 0 Å². The summed E-state index contributed by atoms with van der Waals surface area (Å²) in [6.45, 7) is 7.57. The summed E-state index contributed by atoms with van der Waals surface area (Å²) >= 11 is 0. The molecule has 0 aliphatic carbocycles. The average Bonchev–Trinajstić information content (AvgIpc) is 2.80. The number of aromatic nitrogens is 3. The van der Waals surface area contributed by atoms with E-state index in [1.807, 2.05) is 0 Å². The van der Waals surface area contributed by atoms with E-state index in [2.05, 4.69) is 33.7 Å². The topological polar surface area (TPSA) is 91.0 Å². The Hall–Kier alpha value is -2.44. The lowest BCUT2D eigenvalue weighted by Gasteiger charge is -2.17. The van der Waals surface area contributed by atoms with E-state index < -0.39 is 11.8 Å². The number of carbonyl (C=O) groups is 2. The molecule has 2 N–H and O–H groups in total. The van der Waals surface area contributed by atoms with Crippen molar-refractivity contribution in [2.45, 2.75) is 0 Å². The van der Waals surface area contributed by atoms with Gasteiger partial charge in [-0.05, 0) is 0 Å². The van der Waals surface area contributed by atoms with Crippen LogP contribution < -0.4 is 5.32 Å². The number of aromatic amines is 1. The molecule has 0 aromatic carbocycles. The van der Waals surface area contributed by atoms with Gasteiger partial charge in [0.05, 0.1) is 0 Å². The summed E-state index contributed by atoms with van der Waals surface area (Å²) in [6.07, 6.45) is 4.29. The first-order valence-electron chi connectivity index (χ1n) is 4.86. The molecule has 0 aliphatic rings. The van der Waals surface area contributed by atoms with Crippen LogP contribution in [0.2, 0.25) is 0 Å². The molecule has 0 unspecified atom stereocenters. The second kappa shape index (κ2) is 6.21. The van der Waals surface area contributed by atoms with Gasteiger partial charge in [-0.3, -0.25) is 14.9 Å². The molecule has 1 aromatic heterocycles. The quantitative estimate of drug-likeness (QED) is 0.552. The molecule has 0 radical (unpaired) electrons. The minimum atomic E-state index is -0.787. The number of anilines is 1. The zero-order valence-corrected chi connectivity index (χ0v) is 9.22. The second-order valence-corrected chi connectivity index (χ2v) is 3.08. The van der Waals surface area contributed by atoms with Crippen molar-refractivity contribution in [3.63, 3.8) is 0 Å². The zero-order valence-electron chi connectivity index (χ0n) is 9.22. The third-order valence-electron chi connectivity index (χ3n) is 1.83. The van der Waals surface area contributed by atoms with Crippen molar-refractivity contribution in [1.82, 2.24) is 20.1 Å². The van der Waals surface area contributed by atoms with Crippen LogP contribution in [0.25, 0.3) is 0 Å². The van der Waals surface area contributed by atoms with Crippen molar-refractivity contribution in [3.05, 3.63) is 31.6 Å². The lowest BCUT2D eigenvalue weighted by Crippen LogP contribution is -2.40. The maximum Gasteiger partial charge on any atom is 0.316 e. The van der Waals surface area contributed by atoms with Crippen molar-refractivity contribution < 1.29 is 9.59 Å². The maximum absolute atomic E-state index is 11.7. The van der Waals surface area contributed by atoms with Gasteiger partial charge in [0.25, 0.3) is 0 Å².